The topological polar surface area (TPSA) is 102 Å². The highest BCUT2D eigenvalue weighted by Gasteiger charge is 2.25. The van der Waals surface area contributed by atoms with Gasteiger partial charge in [-0.3, -0.25) is 9.59 Å². The Morgan fingerprint density at radius 3 is 1.31 bits per heavy atom. The Kier molecular flexibility index (Phi) is 42.1. The van der Waals surface area contributed by atoms with Gasteiger partial charge in [-0.1, -0.05) is 202 Å². The molecule has 8 heteroatoms. The zero-order valence-corrected chi connectivity index (χ0v) is 40.5. The van der Waals surface area contributed by atoms with E-state index in [2.05, 4.69) is 74.6 Å². The monoisotopic (exact) mass is 868 g/mol. The van der Waals surface area contributed by atoms with Gasteiger partial charge in [0.2, 0.25) is 0 Å². The van der Waals surface area contributed by atoms with Crippen LogP contribution in [0.1, 0.15) is 200 Å². The van der Waals surface area contributed by atoms with Crippen molar-refractivity contribution < 1.29 is 38.2 Å². The number of ether oxygens (including phenoxy) is 3. The normalized spacial score (nSPS) is 13.5. The summed E-state index contributed by atoms with van der Waals surface area (Å²) in [5.74, 6) is -1.84. The van der Waals surface area contributed by atoms with Crippen molar-refractivity contribution in [2.75, 3.05) is 41.0 Å². The predicted molar refractivity (Wildman–Crippen MR) is 259 cm³/mol. The first-order valence-corrected chi connectivity index (χ1v) is 25.0. The van der Waals surface area contributed by atoms with Crippen molar-refractivity contribution in [3.05, 3.63) is 72.9 Å². The zero-order valence-electron chi connectivity index (χ0n) is 40.5. The molecule has 0 amide bonds. The standard InChI is InChI=1S/C54H93NO7/c1-6-8-10-12-14-16-18-20-22-24-26-28-30-32-34-36-38-40-42-44-52(56)61-49-50(48-60-47-46-51(54(58)59)55(3,4)5)62-53(57)45-43-41-39-37-35-33-31-29-27-25-23-21-19-17-15-13-11-9-7-2/h9,11,15,17,21,23,27,29,33,35,39,41,50-51H,6-8,10,12-14,16,18-20,22,24-26,28,30-32,34,36-38,40,42-49H2,1-5H3/b11-9-,17-15-,23-21-,29-27-,35-33-,41-39-. The first-order chi connectivity index (χ1) is 30.1. The van der Waals surface area contributed by atoms with Crippen molar-refractivity contribution in [1.82, 2.24) is 0 Å². The molecule has 2 unspecified atom stereocenters. The maximum absolute atomic E-state index is 12.7. The highest BCUT2D eigenvalue weighted by molar-refractivity contribution is 5.70. The van der Waals surface area contributed by atoms with E-state index in [0.29, 0.717) is 12.8 Å². The van der Waals surface area contributed by atoms with Gasteiger partial charge in [-0.05, 0) is 51.4 Å². The van der Waals surface area contributed by atoms with Gasteiger partial charge in [-0.15, -0.1) is 0 Å². The second kappa shape index (κ2) is 44.4. The van der Waals surface area contributed by atoms with E-state index in [1.807, 2.05) is 12.2 Å². The molecule has 2 atom stereocenters. The molecule has 0 aromatic rings. The van der Waals surface area contributed by atoms with Crippen LogP contribution in [0.5, 0.6) is 0 Å². The van der Waals surface area contributed by atoms with Crippen LogP contribution in [-0.2, 0) is 28.6 Å². The molecule has 0 aromatic carbocycles. The van der Waals surface area contributed by atoms with Crippen LogP contribution in [0.15, 0.2) is 72.9 Å². The zero-order chi connectivity index (χ0) is 45.6. The molecule has 0 radical (unpaired) electrons. The van der Waals surface area contributed by atoms with Gasteiger partial charge < -0.3 is 28.6 Å². The Bertz CT molecular complexity index is 1240. The summed E-state index contributed by atoms with van der Waals surface area (Å²) in [7, 11) is 5.39. The number of rotatable bonds is 44. The van der Waals surface area contributed by atoms with Gasteiger partial charge in [0.25, 0.3) is 0 Å². The van der Waals surface area contributed by atoms with Crippen molar-refractivity contribution in [2.24, 2.45) is 0 Å². The Morgan fingerprint density at radius 2 is 0.903 bits per heavy atom. The van der Waals surface area contributed by atoms with Crippen LogP contribution in [0.25, 0.3) is 0 Å². The Balaban J connectivity index is 4.37. The summed E-state index contributed by atoms with van der Waals surface area (Å²) in [6.07, 6.45) is 56.6. The lowest BCUT2D eigenvalue weighted by atomic mass is 10.0. The van der Waals surface area contributed by atoms with Crippen LogP contribution in [0.2, 0.25) is 0 Å². The van der Waals surface area contributed by atoms with E-state index < -0.39 is 24.1 Å². The van der Waals surface area contributed by atoms with Crippen molar-refractivity contribution in [1.29, 1.82) is 0 Å². The Labute approximate surface area is 381 Å². The van der Waals surface area contributed by atoms with Crippen molar-refractivity contribution in [3.63, 3.8) is 0 Å². The lowest BCUT2D eigenvalue weighted by Crippen LogP contribution is -2.55. The molecule has 0 aliphatic rings. The summed E-state index contributed by atoms with van der Waals surface area (Å²) < 4.78 is 17.1. The fourth-order valence-corrected chi connectivity index (χ4v) is 7.04. The maximum atomic E-state index is 12.7. The highest BCUT2D eigenvalue weighted by Crippen LogP contribution is 2.15. The third-order valence-electron chi connectivity index (χ3n) is 10.9. The van der Waals surface area contributed by atoms with Crippen LogP contribution >= 0.6 is 0 Å². The Morgan fingerprint density at radius 1 is 0.500 bits per heavy atom. The van der Waals surface area contributed by atoms with E-state index >= 15 is 0 Å². The van der Waals surface area contributed by atoms with E-state index in [1.54, 1.807) is 21.1 Å². The maximum Gasteiger partial charge on any atom is 0.306 e. The van der Waals surface area contributed by atoms with Crippen molar-refractivity contribution in [2.45, 2.75) is 212 Å². The predicted octanol–water partition coefficient (Wildman–Crippen LogP) is 13.0. The van der Waals surface area contributed by atoms with Gasteiger partial charge >= 0.3 is 11.9 Å². The minimum atomic E-state index is -1.14. The molecule has 0 spiro atoms. The third-order valence-corrected chi connectivity index (χ3v) is 10.9. The molecule has 0 saturated heterocycles. The molecule has 0 heterocycles. The second-order valence-electron chi connectivity index (χ2n) is 17.7. The molecular weight excluding hydrogens is 775 g/mol. The average molecular weight is 868 g/mol. The van der Waals surface area contributed by atoms with E-state index in [1.165, 1.54) is 103 Å². The van der Waals surface area contributed by atoms with Gasteiger partial charge in [0.05, 0.1) is 40.3 Å². The van der Waals surface area contributed by atoms with Crippen LogP contribution in [-0.4, -0.2) is 75.5 Å². The number of quaternary nitrogens is 1. The van der Waals surface area contributed by atoms with Crippen molar-refractivity contribution >= 4 is 17.9 Å². The van der Waals surface area contributed by atoms with Crippen molar-refractivity contribution in [3.8, 4) is 0 Å². The molecule has 0 aliphatic heterocycles. The summed E-state index contributed by atoms with van der Waals surface area (Å²) in [6, 6.07) is -0.741. The van der Waals surface area contributed by atoms with E-state index in [4.69, 9.17) is 14.2 Å². The smallest absolute Gasteiger partial charge is 0.306 e. The summed E-state index contributed by atoms with van der Waals surface area (Å²) in [6.45, 7) is 4.48. The first kappa shape index (κ1) is 58.8. The number of unbranched alkanes of at least 4 members (excludes halogenated alkanes) is 18. The molecule has 356 valence electrons. The minimum Gasteiger partial charge on any atom is -0.544 e. The van der Waals surface area contributed by atoms with Gasteiger partial charge in [0.1, 0.15) is 12.6 Å². The molecule has 0 rings (SSSR count). The van der Waals surface area contributed by atoms with Gasteiger partial charge in [-0.25, -0.2) is 0 Å². The first-order valence-electron chi connectivity index (χ1n) is 25.0. The lowest BCUT2D eigenvalue weighted by Gasteiger charge is -2.34. The summed E-state index contributed by atoms with van der Waals surface area (Å²) in [5, 5.41) is 11.7. The number of esters is 2. The largest absolute Gasteiger partial charge is 0.544 e. The number of carbonyl (C=O) groups excluding carboxylic acids is 3. The molecule has 0 N–H and O–H groups in total. The summed E-state index contributed by atoms with van der Waals surface area (Å²) >= 11 is 0. The number of aliphatic carboxylic acids is 1. The van der Waals surface area contributed by atoms with Crippen LogP contribution in [0, 0.1) is 0 Å². The average Bonchev–Trinajstić information content (AvgIpc) is 3.23. The van der Waals surface area contributed by atoms with Crippen LogP contribution < -0.4 is 5.11 Å². The lowest BCUT2D eigenvalue weighted by molar-refractivity contribution is -0.889. The third kappa shape index (κ3) is 42.1. The molecule has 0 aliphatic carbocycles. The number of hydrogen-bond donors (Lipinski definition) is 0. The number of carbonyl (C=O) groups is 3. The van der Waals surface area contributed by atoms with Gasteiger partial charge in [0.15, 0.2) is 6.10 Å². The van der Waals surface area contributed by atoms with E-state index in [9.17, 15) is 19.5 Å². The number of likely N-dealkylation sites (N-methyl/N-ethyl adjacent to an activating group) is 1. The molecule has 0 aromatic heterocycles. The number of nitrogens with zero attached hydrogens (tertiary/aromatic N) is 1. The van der Waals surface area contributed by atoms with E-state index in [0.717, 1.165) is 57.8 Å². The molecule has 62 heavy (non-hydrogen) atoms. The molecule has 0 fully saturated rings. The van der Waals surface area contributed by atoms with E-state index in [-0.39, 0.29) is 43.1 Å². The number of carboxylic acids is 1. The van der Waals surface area contributed by atoms with Crippen LogP contribution in [0.4, 0.5) is 0 Å². The van der Waals surface area contributed by atoms with Gasteiger partial charge in [-0.2, -0.15) is 0 Å². The molecular formula is C54H93NO7. The number of hydrogen-bond acceptors (Lipinski definition) is 7. The quantitative estimate of drug-likeness (QED) is 0.0260. The molecule has 0 bridgehead atoms. The second-order valence-corrected chi connectivity index (χ2v) is 17.7. The summed E-state index contributed by atoms with van der Waals surface area (Å²) in [4.78, 5) is 37.0. The fourth-order valence-electron chi connectivity index (χ4n) is 7.04. The SMILES string of the molecule is CC/C=C\C/C=C\C/C=C\C/C=C\C/C=C\C/C=C\CCC(=O)OC(COCCC(C(=O)[O-])[N+](C)(C)C)COC(=O)CCCCCCCCCCCCCCCCCCCCC. The molecule has 0 saturated carbocycles. The fraction of sp³-hybridized carbons (Fsp3) is 0.722. The van der Waals surface area contributed by atoms with Crippen LogP contribution in [0.3, 0.4) is 0 Å². The van der Waals surface area contributed by atoms with Gasteiger partial charge in [0, 0.05) is 19.3 Å². The summed E-state index contributed by atoms with van der Waals surface area (Å²) in [5.41, 5.74) is 0. The number of carboxylic acid groups (broad SMARTS) is 1. The number of allylic oxidation sites excluding steroid dienone is 12. The highest BCUT2D eigenvalue weighted by atomic mass is 16.6. The minimum absolute atomic E-state index is 0.00902. The molecule has 8 nitrogen and oxygen atoms in total. The Hall–Kier alpha value is -3.23.